The van der Waals surface area contributed by atoms with Gasteiger partial charge in [-0.05, 0) is 67.4 Å². The molecule has 0 bridgehead atoms. The van der Waals surface area contributed by atoms with E-state index in [1.807, 2.05) is 122 Å². The molecular formula is C36H28Cl2FeN4. The van der Waals surface area contributed by atoms with Crippen molar-refractivity contribution in [2.75, 3.05) is 0 Å². The second kappa shape index (κ2) is 18.9. The fourth-order valence-electron chi connectivity index (χ4n) is 4.11. The maximum absolute atomic E-state index is 4.01. The van der Waals surface area contributed by atoms with Gasteiger partial charge >= 0.3 is 17.1 Å². The largest absolute Gasteiger partial charge is 2.00 e. The van der Waals surface area contributed by atoms with Gasteiger partial charge in [0.2, 0.25) is 0 Å². The second-order valence-corrected chi connectivity index (χ2v) is 8.89. The molecule has 0 radical (unpaired) electrons. The molecule has 0 spiro atoms. The maximum Gasteiger partial charge on any atom is 2.00 e. The molecule has 0 aliphatic carbocycles. The number of aromatic nitrogens is 4. The molecule has 4 heterocycles. The van der Waals surface area contributed by atoms with Gasteiger partial charge in [-0.1, -0.05) is 97.1 Å². The summed E-state index contributed by atoms with van der Waals surface area (Å²) in [5.74, 6) is 0. The molecule has 43 heavy (non-hydrogen) atoms. The molecule has 0 aliphatic heterocycles. The van der Waals surface area contributed by atoms with Crippen LogP contribution in [0.15, 0.2) is 171 Å². The van der Waals surface area contributed by atoms with Gasteiger partial charge in [-0.15, -0.1) is 0 Å². The van der Waals surface area contributed by atoms with Crippen LogP contribution < -0.4 is 24.8 Å². The molecule has 0 saturated carbocycles. The second-order valence-electron chi connectivity index (χ2n) is 8.89. The minimum Gasteiger partial charge on any atom is -1.00 e. The van der Waals surface area contributed by atoms with Crippen molar-refractivity contribution in [3.8, 4) is 0 Å². The molecule has 0 amide bonds. The van der Waals surface area contributed by atoms with Gasteiger partial charge in [0, 0.05) is 49.6 Å². The monoisotopic (exact) mass is 642 g/mol. The minimum absolute atomic E-state index is 0. The van der Waals surface area contributed by atoms with Crippen LogP contribution in [-0.4, -0.2) is 19.9 Å². The van der Waals surface area contributed by atoms with Crippen LogP contribution in [0.1, 0.15) is 0 Å². The van der Waals surface area contributed by atoms with Crippen molar-refractivity contribution in [1.82, 2.24) is 19.9 Å². The van der Waals surface area contributed by atoms with E-state index < -0.39 is 0 Å². The summed E-state index contributed by atoms with van der Waals surface area (Å²) in [5, 5.41) is 9.79. The molecule has 8 aromatic rings. The zero-order chi connectivity index (χ0) is 27.2. The Morgan fingerprint density at radius 2 is 0.442 bits per heavy atom. The quantitative estimate of drug-likeness (QED) is 0.239. The molecular weight excluding hydrogens is 615 g/mol. The van der Waals surface area contributed by atoms with Gasteiger partial charge in [-0.25, -0.2) is 0 Å². The Morgan fingerprint density at radius 3 is 0.628 bits per heavy atom. The van der Waals surface area contributed by atoms with Crippen LogP contribution in [0.2, 0.25) is 0 Å². The average molecular weight is 643 g/mol. The van der Waals surface area contributed by atoms with E-state index in [0.717, 1.165) is 0 Å². The first-order chi connectivity index (χ1) is 19.9. The van der Waals surface area contributed by atoms with Gasteiger partial charge < -0.3 is 24.8 Å². The molecule has 0 N–H and O–H groups in total. The van der Waals surface area contributed by atoms with Crippen LogP contribution in [0.25, 0.3) is 43.1 Å². The number of nitrogens with zero attached hydrogens (tertiary/aromatic N) is 4. The van der Waals surface area contributed by atoms with Crippen LogP contribution in [-0.2, 0) is 17.1 Å². The summed E-state index contributed by atoms with van der Waals surface area (Å²) >= 11 is 0. The van der Waals surface area contributed by atoms with E-state index in [-0.39, 0.29) is 41.9 Å². The van der Waals surface area contributed by atoms with Gasteiger partial charge in [0.1, 0.15) is 0 Å². The van der Waals surface area contributed by atoms with Gasteiger partial charge in [0.25, 0.3) is 0 Å². The topological polar surface area (TPSA) is 51.6 Å². The summed E-state index contributed by atoms with van der Waals surface area (Å²) in [6.45, 7) is 0. The molecule has 0 unspecified atom stereocenters. The Labute approximate surface area is 274 Å². The number of hydrogen-bond acceptors (Lipinski definition) is 4. The van der Waals surface area contributed by atoms with E-state index in [1.54, 1.807) is 0 Å². The van der Waals surface area contributed by atoms with Gasteiger partial charge in [0.15, 0.2) is 0 Å². The van der Waals surface area contributed by atoms with E-state index >= 15 is 0 Å². The summed E-state index contributed by atoms with van der Waals surface area (Å²) in [5.41, 5.74) is 0. The number of fused-ring (bicyclic) bond motifs is 4. The SMILES string of the molecule is [Cl-].[Cl-].[Fe+2].c1ccc2cnccc2c1.c1ccc2cnccc2c1.c1ccc2cnccc2c1.c1ccc2cnccc2c1. The fourth-order valence-corrected chi connectivity index (χ4v) is 4.11. The van der Waals surface area contributed by atoms with E-state index in [1.165, 1.54) is 43.1 Å². The Kier molecular flexibility index (Phi) is 15.3. The Hall–Kier alpha value is -4.38. The first-order valence-corrected chi connectivity index (χ1v) is 13.0. The standard InChI is InChI=1S/4C9H7N.2ClH.Fe/c4*1-2-4-9-7-10-6-5-8(9)3-1;;;/h4*1-7H;2*1H;/q;;;;;;+2/p-2. The van der Waals surface area contributed by atoms with Crippen molar-refractivity contribution in [1.29, 1.82) is 0 Å². The van der Waals surface area contributed by atoms with Crippen LogP contribution in [0.3, 0.4) is 0 Å². The Morgan fingerprint density at radius 1 is 0.256 bits per heavy atom. The number of pyridine rings is 4. The summed E-state index contributed by atoms with van der Waals surface area (Å²) in [6.07, 6.45) is 14.7. The van der Waals surface area contributed by atoms with Gasteiger partial charge in [-0.3, -0.25) is 19.9 Å². The summed E-state index contributed by atoms with van der Waals surface area (Å²) < 4.78 is 0. The number of benzene rings is 4. The molecule has 4 aromatic carbocycles. The molecule has 0 fully saturated rings. The van der Waals surface area contributed by atoms with E-state index in [0.29, 0.717) is 0 Å². The number of halogens is 2. The van der Waals surface area contributed by atoms with Crippen LogP contribution in [0.4, 0.5) is 0 Å². The number of rotatable bonds is 0. The Bertz CT molecular complexity index is 1410. The first kappa shape index (κ1) is 34.8. The normalized spacial score (nSPS) is 9.30. The zero-order valence-corrected chi connectivity index (χ0v) is 25.7. The number of hydrogen-bond donors (Lipinski definition) is 0. The van der Waals surface area contributed by atoms with E-state index in [9.17, 15) is 0 Å². The average Bonchev–Trinajstić information content (AvgIpc) is 3.06. The zero-order valence-electron chi connectivity index (χ0n) is 23.1. The van der Waals surface area contributed by atoms with Crippen molar-refractivity contribution in [3.05, 3.63) is 171 Å². The van der Waals surface area contributed by atoms with Gasteiger partial charge in [-0.2, -0.15) is 0 Å². The summed E-state index contributed by atoms with van der Waals surface area (Å²) in [6, 6.07) is 40.8. The van der Waals surface area contributed by atoms with Crippen LogP contribution >= 0.6 is 0 Å². The maximum atomic E-state index is 4.01. The van der Waals surface area contributed by atoms with Crippen LogP contribution in [0, 0.1) is 0 Å². The molecule has 4 nitrogen and oxygen atoms in total. The minimum atomic E-state index is 0. The van der Waals surface area contributed by atoms with Crippen molar-refractivity contribution in [3.63, 3.8) is 0 Å². The molecule has 4 aromatic heterocycles. The smallest absolute Gasteiger partial charge is 1.00 e. The third-order valence-corrected chi connectivity index (χ3v) is 6.20. The predicted octanol–water partition coefficient (Wildman–Crippen LogP) is 2.94. The summed E-state index contributed by atoms with van der Waals surface area (Å²) in [4.78, 5) is 16.1. The van der Waals surface area contributed by atoms with Crippen molar-refractivity contribution >= 4 is 43.1 Å². The van der Waals surface area contributed by atoms with Crippen LogP contribution in [0.5, 0.6) is 0 Å². The predicted molar refractivity (Wildman–Crippen MR) is 167 cm³/mol. The third kappa shape index (κ3) is 10.4. The molecule has 0 atom stereocenters. The van der Waals surface area contributed by atoms with Gasteiger partial charge in [0.05, 0.1) is 0 Å². The summed E-state index contributed by atoms with van der Waals surface area (Å²) in [7, 11) is 0. The first-order valence-electron chi connectivity index (χ1n) is 13.0. The van der Waals surface area contributed by atoms with Crippen molar-refractivity contribution < 1.29 is 41.9 Å². The molecule has 214 valence electrons. The van der Waals surface area contributed by atoms with E-state index in [2.05, 4.69) is 68.5 Å². The Balaban J connectivity index is 0.000000196. The molecule has 0 saturated heterocycles. The molecule has 0 aliphatic rings. The third-order valence-electron chi connectivity index (χ3n) is 6.20. The van der Waals surface area contributed by atoms with Crippen molar-refractivity contribution in [2.45, 2.75) is 0 Å². The van der Waals surface area contributed by atoms with E-state index in [4.69, 9.17) is 0 Å². The fraction of sp³-hybridized carbons (Fsp3) is 0. The molecule has 7 heteroatoms. The molecule has 8 rings (SSSR count). The van der Waals surface area contributed by atoms with Crippen molar-refractivity contribution in [2.24, 2.45) is 0 Å².